The van der Waals surface area contributed by atoms with Crippen LogP contribution in [0.2, 0.25) is 0 Å². The van der Waals surface area contributed by atoms with Crippen molar-refractivity contribution in [3.8, 4) is 0 Å². The summed E-state index contributed by atoms with van der Waals surface area (Å²) in [6.07, 6.45) is 0. The Balaban J connectivity index is 0. The molecule has 0 saturated heterocycles. The van der Waals surface area contributed by atoms with Crippen molar-refractivity contribution in [1.82, 2.24) is 5.01 Å². The molecule has 12 nitrogen and oxygen atoms in total. The molecule has 0 fully saturated rings. The Morgan fingerprint density at radius 2 is 1.46 bits per heavy atom. The van der Waals surface area contributed by atoms with Crippen LogP contribution in [-0.2, 0) is 20.0 Å². The van der Waals surface area contributed by atoms with E-state index in [1.165, 1.54) is 0 Å². The van der Waals surface area contributed by atoms with Crippen molar-refractivity contribution < 1.29 is 37.3 Å². The van der Waals surface area contributed by atoms with E-state index < -0.39 is 35.4 Å². The van der Waals surface area contributed by atoms with Crippen molar-refractivity contribution in [1.29, 1.82) is 0 Å². The van der Waals surface area contributed by atoms with Crippen molar-refractivity contribution in [2.75, 3.05) is 24.6 Å². The highest BCUT2D eigenvalue weighted by Gasteiger charge is 2.07. The summed E-state index contributed by atoms with van der Waals surface area (Å²) in [5, 5.41) is 16.9. The van der Waals surface area contributed by atoms with Crippen molar-refractivity contribution in [2.24, 2.45) is 5.84 Å². The zero-order chi connectivity index (χ0) is 19.5. The smallest absolute Gasteiger partial charge is 0.394 e. The minimum atomic E-state index is -4.67. The number of nitrogens with two attached hydrogens (primary N) is 3. The summed E-state index contributed by atoms with van der Waals surface area (Å²) >= 11 is 0. The maximum atomic E-state index is 9.88. The summed E-state index contributed by atoms with van der Waals surface area (Å²) < 4.78 is 31.6. The Hall–Kier alpha value is -2.45. The van der Waals surface area contributed by atoms with E-state index in [1.54, 1.807) is 6.07 Å². The molecule has 0 unspecified atom stereocenters. The normalized spacial score (nSPS) is 10.0. The Labute approximate surface area is 138 Å². The number of aryl methyl sites for hydroxylation is 1. The van der Waals surface area contributed by atoms with Crippen LogP contribution in [0.5, 0.6) is 0 Å². The first-order valence-corrected chi connectivity index (χ1v) is 7.36. The van der Waals surface area contributed by atoms with Crippen LogP contribution in [0.3, 0.4) is 0 Å². The number of hydrogen-bond acceptors (Lipinski definition) is 8. The van der Waals surface area contributed by atoms with E-state index >= 15 is 0 Å². The quantitative estimate of drug-likeness (QED) is 0.144. The Kier molecular flexibility index (Phi) is 11.1. The highest BCUT2D eigenvalue weighted by molar-refractivity contribution is 7.79. The number of rotatable bonds is 4. The minimum Gasteiger partial charge on any atom is -0.480 e. The highest BCUT2D eigenvalue weighted by Crippen LogP contribution is 2.12. The number of nitrogens with zero attached hydrogens (tertiary/aromatic N) is 1. The molecule has 0 aliphatic heterocycles. The largest absolute Gasteiger partial charge is 0.480 e. The number of nitrogen functional groups attached to an aromatic ring is 2. The van der Waals surface area contributed by atoms with Gasteiger partial charge in [-0.15, -0.1) is 0 Å². The second-order valence-corrected chi connectivity index (χ2v) is 5.15. The number of anilines is 2. The molecule has 0 atom stereocenters. The predicted molar refractivity (Wildman–Crippen MR) is 85.2 cm³/mol. The van der Waals surface area contributed by atoms with Gasteiger partial charge in [-0.05, 0) is 30.7 Å². The molecule has 0 aliphatic rings. The maximum Gasteiger partial charge on any atom is 0.394 e. The molecule has 0 bridgehead atoms. The number of benzene rings is 1. The van der Waals surface area contributed by atoms with E-state index in [1.807, 2.05) is 19.1 Å². The van der Waals surface area contributed by atoms with Gasteiger partial charge in [0.1, 0.15) is 13.1 Å². The van der Waals surface area contributed by atoms with Gasteiger partial charge in [0.15, 0.2) is 0 Å². The fraction of sp³-hybridized carbons (Fsp3) is 0.273. The standard InChI is InChI=1S/C7H10N2.C4H8N2O4.H2O4S/c1-5-4-6(8)2-3-7(5)9;5-6(1-3(7)8)2-4(9)10;1-5(2,3)4/h2-4H,8-9H2,1H3;1-2,5H2,(H,7,8)(H,9,10);(H2,1,2,3,4). The minimum absolute atomic E-state index is 0.466. The lowest BCUT2D eigenvalue weighted by Gasteiger charge is -2.08. The third-order valence-corrected chi connectivity index (χ3v) is 1.97. The van der Waals surface area contributed by atoms with E-state index in [0.29, 0.717) is 5.01 Å². The maximum absolute atomic E-state index is 9.88. The summed E-state index contributed by atoms with van der Waals surface area (Å²) in [5.41, 5.74) is 13.6. The van der Waals surface area contributed by atoms with Gasteiger partial charge in [0.05, 0.1) is 0 Å². The van der Waals surface area contributed by atoms with E-state index in [-0.39, 0.29) is 0 Å². The molecule has 0 aliphatic carbocycles. The molecule has 0 radical (unpaired) electrons. The van der Waals surface area contributed by atoms with Crippen LogP contribution in [-0.4, -0.2) is 57.8 Å². The molecule has 0 saturated carbocycles. The van der Waals surface area contributed by atoms with E-state index in [9.17, 15) is 9.59 Å². The lowest BCUT2D eigenvalue weighted by molar-refractivity contribution is -0.141. The zero-order valence-corrected chi connectivity index (χ0v) is 13.5. The number of hydrazine groups is 1. The number of carboxylic acid groups (broad SMARTS) is 2. The van der Waals surface area contributed by atoms with Crippen molar-refractivity contribution in [3.05, 3.63) is 23.8 Å². The average molecular weight is 368 g/mol. The molecule has 1 aromatic rings. The van der Waals surface area contributed by atoms with Gasteiger partial charge in [0.25, 0.3) is 0 Å². The first-order valence-electron chi connectivity index (χ1n) is 5.97. The van der Waals surface area contributed by atoms with Crippen LogP contribution >= 0.6 is 0 Å². The summed E-state index contributed by atoms with van der Waals surface area (Å²) in [6.45, 7) is 1.00. The summed E-state index contributed by atoms with van der Waals surface area (Å²) in [6, 6.07) is 5.46. The van der Waals surface area contributed by atoms with Crippen LogP contribution in [0.1, 0.15) is 5.56 Å². The van der Waals surface area contributed by atoms with Gasteiger partial charge in [-0.2, -0.15) is 8.42 Å². The van der Waals surface area contributed by atoms with Crippen molar-refractivity contribution in [3.63, 3.8) is 0 Å². The summed E-state index contributed by atoms with van der Waals surface area (Å²) in [4.78, 5) is 19.8. The molecular formula is C11H20N4O8S. The Morgan fingerprint density at radius 3 is 1.71 bits per heavy atom. The SMILES string of the molecule is Cc1cc(N)ccc1N.NN(CC(=O)O)CC(=O)O.O=S(=O)(O)O. The fourth-order valence-electron chi connectivity index (χ4n) is 1.10. The van der Waals surface area contributed by atoms with E-state index in [0.717, 1.165) is 16.9 Å². The molecule has 1 rings (SSSR count). The second kappa shape index (κ2) is 11.1. The molecule has 138 valence electrons. The van der Waals surface area contributed by atoms with Gasteiger partial charge < -0.3 is 21.7 Å². The topological polar surface area (TPSA) is 230 Å². The lowest BCUT2D eigenvalue weighted by Crippen LogP contribution is -2.39. The second-order valence-electron chi connectivity index (χ2n) is 4.26. The molecule has 1 aromatic carbocycles. The molecule has 0 aromatic heterocycles. The first-order chi connectivity index (χ1) is 10.7. The van der Waals surface area contributed by atoms with E-state index in [4.69, 9.17) is 45.0 Å². The number of aliphatic carboxylic acids is 2. The van der Waals surface area contributed by atoms with Gasteiger partial charge in [0, 0.05) is 11.4 Å². The zero-order valence-electron chi connectivity index (χ0n) is 12.7. The molecule has 13 heteroatoms. The number of carbonyl (C=O) groups is 2. The first kappa shape index (κ1) is 23.8. The Bertz CT molecular complexity index is 625. The van der Waals surface area contributed by atoms with Crippen molar-refractivity contribution in [2.45, 2.75) is 6.92 Å². The van der Waals surface area contributed by atoms with Gasteiger partial charge in [-0.25, -0.2) is 5.01 Å². The molecule has 10 N–H and O–H groups in total. The molecular weight excluding hydrogens is 348 g/mol. The fourth-order valence-corrected chi connectivity index (χ4v) is 1.10. The lowest BCUT2D eigenvalue weighted by atomic mass is 10.2. The van der Waals surface area contributed by atoms with Crippen LogP contribution in [0, 0.1) is 6.92 Å². The summed E-state index contributed by atoms with van der Waals surface area (Å²) in [5.74, 6) is 2.65. The van der Waals surface area contributed by atoms with Gasteiger partial charge in [0.2, 0.25) is 0 Å². The Morgan fingerprint density at radius 1 is 1.08 bits per heavy atom. The van der Waals surface area contributed by atoms with Gasteiger partial charge in [-0.1, -0.05) is 0 Å². The predicted octanol–water partition coefficient (Wildman–Crippen LogP) is -1.16. The third-order valence-electron chi connectivity index (χ3n) is 1.97. The third kappa shape index (κ3) is 19.6. The number of hydrogen-bond donors (Lipinski definition) is 7. The van der Waals surface area contributed by atoms with Crippen molar-refractivity contribution >= 4 is 33.7 Å². The van der Waals surface area contributed by atoms with Crippen LogP contribution in [0.4, 0.5) is 11.4 Å². The van der Waals surface area contributed by atoms with Crippen LogP contribution < -0.4 is 17.3 Å². The number of carboxylic acids is 2. The summed E-state index contributed by atoms with van der Waals surface area (Å²) in [7, 11) is -4.67. The van der Waals surface area contributed by atoms with Gasteiger partial charge in [-0.3, -0.25) is 24.5 Å². The molecule has 24 heavy (non-hydrogen) atoms. The highest BCUT2D eigenvalue weighted by atomic mass is 32.3. The monoisotopic (exact) mass is 368 g/mol. The van der Waals surface area contributed by atoms with E-state index in [2.05, 4.69) is 0 Å². The molecule has 0 heterocycles. The molecule has 0 amide bonds. The molecule has 0 spiro atoms. The van der Waals surface area contributed by atoms with Crippen LogP contribution in [0.25, 0.3) is 0 Å². The van der Waals surface area contributed by atoms with Crippen LogP contribution in [0.15, 0.2) is 18.2 Å². The average Bonchev–Trinajstić information content (AvgIpc) is 2.30. The van der Waals surface area contributed by atoms with Gasteiger partial charge >= 0.3 is 22.3 Å².